The summed E-state index contributed by atoms with van der Waals surface area (Å²) in [7, 11) is 0.0942. The molecule has 1 aliphatic heterocycles. The summed E-state index contributed by atoms with van der Waals surface area (Å²) in [4.78, 5) is 11.3. The number of benzene rings is 2. The van der Waals surface area contributed by atoms with Crippen LogP contribution in [0.15, 0.2) is 59.5 Å². The van der Waals surface area contributed by atoms with Crippen molar-refractivity contribution in [1.29, 1.82) is 0 Å². The zero-order valence-corrected chi connectivity index (χ0v) is 17.0. The molecule has 1 aromatic heterocycles. The van der Waals surface area contributed by atoms with Crippen molar-refractivity contribution in [3.05, 3.63) is 71.7 Å². The van der Waals surface area contributed by atoms with Crippen molar-refractivity contribution in [2.24, 2.45) is 0 Å². The summed E-state index contributed by atoms with van der Waals surface area (Å²) in [6, 6.07) is 14.6. The summed E-state index contributed by atoms with van der Waals surface area (Å²) in [5.41, 5.74) is 2.17. The van der Waals surface area contributed by atoms with Crippen molar-refractivity contribution < 1.29 is 12.8 Å². The van der Waals surface area contributed by atoms with E-state index in [9.17, 15) is 12.8 Å². The highest BCUT2D eigenvalue weighted by Gasteiger charge is 2.31. The van der Waals surface area contributed by atoms with Crippen molar-refractivity contribution in [3.63, 3.8) is 0 Å². The van der Waals surface area contributed by atoms with Gasteiger partial charge in [0.25, 0.3) is 0 Å². The smallest absolute Gasteiger partial charge is 0.243 e. The number of sulfonamides is 1. The van der Waals surface area contributed by atoms with E-state index in [1.807, 2.05) is 19.0 Å². The molecule has 0 bridgehead atoms. The van der Waals surface area contributed by atoms with E-state index in [4.69, 9.17) is 0 Å². The van der Waals surface area contributed by atoms with E-state index in [2.05, 4.69) is 9.97 Å². The van der Waals surface area contributed by atoms with E-state index in [0.717, 1.165) is 11.3 Å². The Morgan fingerprint density at radius 3 is 2.48 bits per heavy atom. The van der Waals surface area contributed by atoms with Crippen LogP contribution in [0.5, 0.6) is 0 Å². The minimum Gasteiger partial charge on any atom is -0.362 e. The molecule has 0 aliphatic carbocycles. The predicted molar refractivity (Wildman–Crippen MR) is 109 cm³/mol. The van der Waals surface area contributed by atoms with Crippen molar-refractivity contribution in [2.45, 2.75) is 17.9 Å². The normalized spacial score (nSPS) is 14.4. The third-order valence-electron chi connectivity index (χ3n) is 4.89. The van der Waals surface area contributed by atoms with Crippen LogP contribution in [0.2, 0.25) is 0 Å². The monoisotopic (exact) mass is 412 g/mol. The van der Waals surface area contributed by atoms with Gasteiger partial charge in [-0.15, -0.1) is 0 Å². The molecule has 1 aliphatic rings. The maximum absolute atomic E-state index is 13.7. The standard InChI is InChI=1S/C21H21FN4O2S/c1-25(2)21-18-14-26(29(27,28)17-9-4-3-5-10-17)12-11-19(18)23-20(24-21)15-7-6-8-16(22)13-15/h3-10,13H,11-12,14H2,1-2H3. The minimum absolute atomic E-state index is 0.198. The predicted octanol–water partition coefficient (Wildman–Crippen LogP) is 3.10. The average Bonchev–Trinajstić information content (AvgIpc) is 2.73. The van der Waals surface area contributed by atoms with Gasteiger partial charge in [0, 0.05) is 44.7 Å². The van der Waals surface area contributed by atoms with E-state index in [-0.39, 0.29) is 17.3 Å². The molecule has 0 unspecified atom stereocenters. The number of anilines is 1. The molecular weight excluding hydrogens is 391 g/mol. The second-order valence-electron chi connectivity index (χ2n) is 7.10. The van der Waals surface area contributed by atoms with Crippen molar-refractivity contribution >= 4 is 15.8 Å². The number of hydrogen-bond acceptors (Lipinski definition) is 5. The van der Waals surface area contributed by atoms with Crippen LogP contribution in [0.25, 0.3) is 11.4 Å². The first kappa shape index (κ1) is 19.5. The van der Waals surface area contributed by atoms with Gasteiger partial charge < -0.3 is 4.90 Å². The summed E-state index contributed by atoms with van der Waals surface area (Å²) >= 11 is 0. The van der Waals surface area contributed by atoms with Gasteiger partial charge in [0.2, 0.25) is 10.0 Å². The molecule has 0 fully saturated rings. The molecular formula is C21H21FN4O2S. The maximum Gasteiger partial charge on any atom is 0.243 e. The van der Waals surface area contributed by atoms with Gasteiger partial charge in [0.05, 0.1) is 10.6 Å². The summed E-state index contributed by atoms with van der Waals surface area (Å²) < 4.78 is 41.2. The average molecular weight is 412 g/mol. The van der Waals surface area contributed by atoms with Gasteiger partial charge in [0.1, 0.15) is 11.6 Å². The Labute approximate surface area is 169 Å². The number of fused-ring (bicyclic) bond motifs is 1. The van der Waals surface area contributed by atoms with Gasteiger partial charge in [-0.1, -0.05) is 30.3 Å². The number of halogens is 1. The molecule has 0 saturated carbocycles. The first-order valence-corrected chi connectivity index (χ1v) is 10.7. The number of aromatic nitrogens is 2. The molecule has 0 saturated heterocycles. The zero-order chi connectivity index (χ0) is 20.6. The SMILES string of the molecule is CN(C)c1nc(-c2cccc(F)c2)nc2c1CN(S(=O)(=O)c1ccccc1)CC2. The van der Waals surface area contributed by atoms with Crippen molar-refractivity contribution in [1.82, 2.24) is 14.3 Å². The maximum atomic E-state index is 13.7. The molecule has 150 valence electrons. The lowest BCUT2D eigenvalue weighted by Gasteiger charge is -2.30. The summed E-state index contributed by atoms with van der Waals surface area (Å²) in [6.07, 6.45) is 0.465. The Morgan fingerprint density at radius 1 is 1.03 bits per heavy atom. The second-order valence-corrected chi connectivity index (χ2v) is 9.04. The van der Waals surface area contributed by atoms with E-state index >= 15 is 0 Å². The first-order chi connectivity index (χ1) is 13.9. The van der Waals surface area contributed by atoms with Crippen molar-refractivity contribution in [2.75, 3.05) is 25.5 Å². The Kier molecular flexibility index (Phi) is 5.06. The Balaban J connectivity index is 1.75. The number of rotatable bonds is 4. The van der Waals surface area contributed by atoms with E-state index < -0.39 is 10.0 Å². The molecule has 0 spiro atoms. The fourth-order valence-electron chi connectivity index (χ4n) is 3.45. The molecule has 6 nitrogen and oxygen atoms in total. The lowest BCUT2D eigenvalue weighted by Crippen LogP contribution is -2.37. The molecule has 0 amide bonds. The highest BCUT2D eigenvalue weighted by molar-refractivity contribution is 7.89. The summed E-state index contributed by atoms with van der Waals surface area (Å²) in [6.45, 7) is 0.528. The topological polar surface area (TPSA) is 66.4 Å². The van der Waals surface area contributed by atoms with Gasteiger partial charge in [-0.2, -0.15) is 4.31 Å². The highest BCUT2D eigenvalue weighted by atomic mass is 32.2. The van der Waals surface area contributed by atoms with Crippen LogP contribution in [0.3, 0.4) is 0 Å². The third kappa shape index (κ3) is 3.73. The van der Waals surface area contributed by atoms with E-state index in [0.29, 0.717) is 30.2 Å². The third-order valence-corrected chi connectivity index (χ3v) is 6.75. The lowest BCUT2D eigenvalue weighted by atomic mass is 10.1. The summed E-state index contributed by atoms with van der Waals surface area (Å²) in [5, 5.41) is 0. The van der Waals surface area contributed by atoms with Gasteiger partial charge in [-0.05, 0) is 24.3 Å². The number of nitrogens with zero attached hydrogens (tertiary/aromatic N) is 4. The Morgan fingerprint density at radius 2 is 1.79 bits per heavy atom. The first-order valence-electron chi connectivity index (χ1n) is 9.24. The molecule has 2 aromatic carbocycles. The van der Waals surface area contributed by atoms with E-state index in [1.54, 1.807) is 42.5 Å². The zero-order valence-electron chi connectivity index (χ0n) is 16.2. The Bertz CT molecular complexity index is 1150. The van der Waals surface area contributed by atoms with Gasteiger partial charge in [0.15, 0.2) is 5.82 Å². The van der Waals surface area contributed by atoms with E-state index in [1.165, 1.54) is 16.4 Å². The molecule has 29 heavy (non-hydrogen) atoms. The van der Waals surface area contributed by atoms with Crippen LogP contribution in [0.1, 0.15) is 11.3 Å². The molecule has 0 N–H and O–H groups in total. The van der Waals surface area contributed by atoms with Crippen LogP contribution >= 0.6 is 0 Å². The van der Waals surface area contributed by atoms with Crippen LogP contribution < -0.4 is 4.90 Å². The van der Waals surface area contributed by atoms with Crippen LogP contribution in [-0.4, -0.2) is 43.3 Å². The van der Waals surface area contributed by atoms with Crippen LogP contribution in [-0.2, 0) is 23.0 Å². The molecule has 3 aromatic rings. The number of hydrogen-bond donors (Lipinski definition) is 0. The quantitative estimate of drug-likeness (QED) is 0.659. The highest BCUT2D eigenvalue weighted by Crippen LogP contribution is 2.31. The van der Waals surface area contributed by atoms with Gasteiger partial charge >= 0.3 is 0 Å². The molecule has 0 atom stereocenters. The molecule has 0 radical (unpaired) electrons. The second kappa shape index (κ2) is 7.53. The molecule has 8 heteroatoms. The van der Waals surface area contributed by atoms with Crippen LogP contribution in [0.4, 0.5) is 10.2 Å². The Hall–Kier alpha value is -2.84. The molecule has 4 rings (SSSR count). The molecule has 2 heterocycles. The largest absolute Gasteiger partial charge is 0.362 e. The minimum atomic E-state index is -3.61. The summed E-state index contributed by atoms with van der Waals surface area (Å²) in [5.74, 6) is 0.726. The van der Waals surface area contributed by atoms with Crippen LogP contribution in [0, 0.1) is 5.82 Å². The fraction of sp³-hybridized carbons (Fsp3) is 0.238. The fourth-order valence-corrected chi connectivity index (χ4v) is 4.88. The lowest BCUT2D eigenvalue weighted by molar-refractivity contribution is 0.387. The van der Waals surface area contributed by atoms with Gasteiger partial charge in [-0.25, -0.2) is 22.8 Å². The van der Waals surface area contributed by atoms with Gasteiger partial charge in [-0.3, -0.25) is 0 Å². The van der Waals surface area contributed by atoms with Crippen molar-refractivity contribution in [3.8, 4) is 11.4 Å².